The first-order valence-electron chi connectivity index (χ1n) is 8.94. The molecule has 1 aliphatic heterocycles. The summed E-state index contributed by atoms with van der Waals surface area (Å²) in [5, 5.41) is 7.98. The van der Waals surface area contributed by atoms with Crippen molar-refractivity contribution in [3.8, 4) is 0 Å². The third-order valence-electron chi connectivity index (χ3n) is 5.11. The van der Waals surface area contributed by atoms with Gasteiger partial charge < -0.3 is 10.1 Å². The number of hydrogen-bond donors (Lipinski definition) is 1. The molecule has 1 N–H and O–H groups in total. The van der Waals surface area contributed by atoms with Crippen molar-refractivity contribution in [1.82, 2.24) is 19.7 Å². The second-order valence-corrected chi connectivity index (χ2v) is 6.86. The average Bonchev–Trinajstić information content (AvgIpc) is 2.65. The molecule has 7 nitrogen and oxygen atoms in total. The molecule has 0 amide bonds. The summed E-state index contributed by atoms with van der Waals surface area (Å²) in [6, 6.07) is 3.93. The van der Waals surface area contributed by atoms with Gasteiger partial charge in [-0.15, -0.1) is 0 Å². The fraction of sp³-hybridized carbons (Fsp3) is 0.556. The van der Waals surface area contributed by atoms with Crippen LogP contribution in [0.3, 0.4) is 0 Å². The fourth-order valence-electron chi connectivity index (χ4n) is 3.72. The van der Waals surface area contributed by atoms with Gasteiger partial charge >= 0.3 is 0 Å². The van der Waals surface area contributed by atoms with Gasteiger partial charge in [0, 0.05) is 24.1 Å². The maximum atomic E-state index is 12.1. The van der Waals surface area contributed by atoms with Crippen molar-refractivity contribution in [3.63, 3.8) is 0 Å². The normalized spacial score (nSPS) is 23.1. The molecule has 4 rings (SSSR count). The van der Waals surface area contributed by atoms with Crippen LogP contribution in [0.5, 0.6) is 0 Å². The first-order chi connectivity index (χ1) is 12.2. The number of aryl methyl sites for hydroxylation is 1. The Balaban J connectivity index is 1.43. The van der Waals surface area contributed by atoms with Gasteiger partial charge in [-0.2, -0.15) is 5.10 Å². The maximum absolute atomic E-state index is 12.1. The molecule has 0 saturated heterocycles. The van der Waals surface area contributed by atoms with E-state index in [1.165, 1.54) is 0 Å². The molecule has 2 aliphatic rings. The molecule has 25 heavy (non-hydrogen) atoms. The van der Waals surface area contributed by atoms with E-state index in [2.05, 4.69) is 20.4 Å². The van der Waals surface area contributed by atoms with E-state index in [1.54, 1.807) is 23.1 Å². The third-order valence-corrected chi connectivity index (χ3v) is 5.11. The van der Waals surface area contributed by atoms with Crippen LogP contribution in [-0.4, -0.2) is 32.4 Å². The van der Waals surface area contributed by atoms with E-state index >= 15 is 0 Å². The zero-order chi connectivity index (χ0) is 17.2. The van der Waals surface area contributed by atoms with E-state index in [9.17, 15) is 4.79 Å². The Morgan fingerprint density at radius 1 is 1.20 bits per heavy atom. The topological polar surface area (TPSA) is 81.9 Å². The monoisotopic (exact) mass is 341 g/mol. The molecular weight excluding hydrogens is 318 g/mol. The standard InChI is InChI=1S/C18H23N5O2/c1-12-2-7-17(24)23(22-12)14-5-3-13(4-6-14)21-18-15-10-25-9-8-16(15)19-11-20-18/h2,7,11,13-14H,3-6,8-10H2,1H3,(H,19,20,21). The predicted octanol–water partition coefficient (Wildman–Crippen LogP) is 2.01. The zero-order valence-corrected chi connectivity index (χ0v) is 14.4. The van der Waals surface area contributed by atoms with Gasteiger partial charge in [0.05, 0.1) is 30.6 Å². The second kappa shape index (κ2) is 6.92. The minimum Gasteiger partial charge on any atom is -0.376 e. The lowest BCUT2D eigenvalue weighted by Gasteiger charge is -2.30. The van der Waals surface area contributed by atoms with Gasteiger partial charge in [0.1, 0.15) is 12.1 Å². The number of ether oxygens (including phenoxy) is 1. The molecule has 2 aromatic rings. The Morgan fingerprint density at radius 2 is 2.04 bits per heavy atom. The second-order valence-electron chi connectivity index (χ2n) is 6.86. The van der Waals surface area contributed by atoms with Crippen molar-refractivity contribution >= 4 is 5.82 Å². The van der Waals surface area contributed by atoms with Crippen LogP contribution in [0, 0.1) is 6.92 Å². The van der Waals surface area contributed by atoms with Gasteiger partial charge in [-0.25, -0.2) is 14.6 Å². The lowest BCUT2D eigenvalue weighted by Crippen LogP contribution is -2.33. The highest BCUT2D eigenvalue weighted by molar-refractivity contribution is 5.47. The molecule has 0 aromatic carbocycles. The Morgan fingerprint density at radius 3 is 2.88 bits per heavy atom. The van der Waals surface area contributed by atoms with Crippen LogP contribution in [0.2, 0.25) is 0 Å². The van der Waals surface area contributed by atoms with Gasteiger partial charge in [0.15, 0.2) is 0 Å². The van der Waals surface area contributed by atoms with Crippen LogP contribution in [0.25, 0.3) is 0 Å². The number of nitrogens with zero attached hydrogens (tertiary/aromatic N) is 4. The van der Waals surface area contributed by atoms with Crippen LogP contribution in [0.15, 0.2) is 23.3 Å². The molecule has 3 heterocycles. The molecule has 1 aliphatic carbocycles. The molecule has 0 radical (unpaired) electrons. The molecule has 0 bridgehead atoms. The van der Waals surface area contributed by atoms with E-state index < -0.39 is 0 Å². The quantitative estimate of drug-likeness (QED) is 0.920. The molecule has 7 heteroatoms. The lowest BCUT2D eigenvalue weighted by molar-refractivity contribution is 0.109. The van der Waals surface area contributed by atoms with Crippen LogP contribution < -0.4 is 10.9 Å². The number of nitrogens with one attached hydrogen (secondary N) is 1. The molecule has 0 unspecified atom stereocenters. The summed E-state index contributed by atoms with van der Waals surface area (Å²) in [5.74, 6) is 0.902. The van der Waals surface area contributed by atoms with Gasteiger partial charge in [0.2, 0.25) is 0 Å². The van der Waals surface area contributed by atoms with Gasteiger partial charge in [-0.3, -0.25) is 4.79 Å². The van der Waals surface area contributed by atoms with Crippen LogP contribution in [0.1, 0.15) is 48.7 Å². The van der Waals surface area contributed by atoms with Crippen molar-refractivity contribution in [3.05, 3.63) is 45.8 Å². The van der Waals surface area contributed by atoms with Crippen molar-refractivity contribution in [1.29, 1.82) is 0 Å². The number of rotatable bonds is 3. The predicted molar refractivity (Wildman–Crippen MR) is 93.5 cm³/mol. The highest BCUT2D eigenvalue weighted by atomic mass is 16.5. The summed E-state index contributed by atoms with van der Waals surface area (Å²) in [4.78, 5) is 20.8. The number of fused-ring (bicyclic) bond motifs is 1. The minimum absolute atomic E-state index is 0.0102. The largest absolute Gasteiger partial charge is 0.376 e. The molecule has 0 atom stereocenters. The van der Waals surface area contributed by atoms with Gasteiger partial charge in [-0.05, 0) is 38.7 Å². The molecule has 1 fully saturated rings. The number of aromatic nitrogens is 4. The van der Waals surface area contributed by atoms with Crippen LogP contribution in [-0.2, 0) is 17.8 Å². The van der Waals surface area contributed by atoms with Gasteiger partial charge in [-0.1, -0.05) is 0 Å². The molecular formula is C18H23N5O2. The Hall–Kier alpha value is -2.28. The summed E-state index contributed by atoms with van der Waals surface area (Å²) < 4.78 is 7.22. The molecule has 1 saturated carbocycles. The Labute approximate surface area is 146 Å². The molecule has 0 spiro atoms. The first-order valence-corrected chi connectivity index (χ1v) is 8.94. The number of anilines is 1. The number of hydrogen-bond acceptors (Lipinski definition) is 6. The average molecular weight is 341 g/mol. The highest BCUT2D eigenvalue weighted by Crippen LogP contribution is 2.30. The third kappa shape index (κ3) is 3.42. The van der Waals surface area contributed by atoms with E-state index in [1.807, 2.05) is 6.92 Å². The van der Waals surface area contributed by atoms with Gasteiger partial charge in [0.25, 0.3) is 5.56 Å². The van der Waals surface area contributed by atoms with E-state index in [0.717, 1.165) is 61.5 Å². The summed E-state index contributed by atoms with van der Waals surface area (Å²) in [7, 11) is 0. The zero-order valence-electron chi connectivity index (χ0n) is 14.4. The summed E-state index contributed by atoms with van der Waals surface area (Å²) in [5.41, 5.74) is 3.05. The van der Waals surface area contributed by atoms with Crippen molar-refractivity contribution in [2.45, 2.75) is 57.7 Å². The SMILES string of the molecule is Cc1ccc(=O)n(C2CCC(Nc3ncnc4c3COCC4)CC2)n1. The smallest absolute Gasteiger partial charge is 0.267 e. The van der Waals surface area contributed by atoms with Crippen LogP contribution >= 0.6 is 0 Å². The van der Waals surface area contributed by atoms with E-state index in [0.29, 0.717) is 12.6 Å². The summed E-state index contributed by atoms with van der Waals surface area (Å²) in [6.45, 7) is 3.23. The fourth-order valence-corrected chi connectivity index (χ4v) is 3.72. The summed E-state index contributed by atoms with van der Waals surface area (Å²) in [6.07, 6.45) is 6.35. The molecule has 132 valence electrons. The van der Waals surface area contributed by atoms with Crippen molar-refractivity contribution in [2.75, 3.05) is 11.9 Å². The van der Waals surface area contributed by atoms with E-state index in [-0.39, 0.29) is 11.6 Å². The van der Waals surface area contributed by atoms with Crippen molar-refractivity contribution in [2.24, 2.45) is 0 Å². The minimum atomic E-state index is -0.0102. The highest BCUT2D eigenvalue weighted by Gasteiger charge is 2.25. The lowest BCUT2D eigenvalue weighted by atomic mass is 9.91. The summed E-state index contributed by atoms with van der Waals surface area (Å²) >= 11 is 0. The molecule has 2 aromatic heterocycles. The first kappa shape index (κ1) is 16.2. The van der Waals surface area contributed by atoms with Crippen LogP contribution in [0.4, 0.5) is 5.82 Å². The maximum Gasteiger partial charge on any atom is 0.267 e. The Bertz CT molecular complexity index is 811. The van der Waals surface area contributed by atoms with Crippen molar-refractivity contribution < 1.29 is 4.74 Å². The Kier molecular flexibility index (Phi) is 4.48. The van der Waals surface area contributed by atoms with E-state index in [4.69, 9.17) is 4.74 Å².